The number of aromatic nitrogens is 3. The number of nitrogens with zero attached hydrogens (tertiary/aromatic N) is 3. The molecule has 0 saturated heterocycles. The molecule has 3 heterocycles. The summed E-state index contributed by atoms with van der Waals surface area (Å²) in [4.78, 5) is 12.6. The lowest BCUT2D eigenvalue weighted by Gasteiger charge is -2.11. The summed E-state index contributed by atoms with van der Waals surface area (Å²) in [5.41, 5.74) is 4.77. The first-order valence-electron chi connectivity index (χ1n) is 8.33. The number of benzene rings is 1. The molecule has 0 atom stereocenters. The minimum absolute atomic E-state index is 0.0918. The van der Waals surface area contributed by atoms with Crippen molar-refractivity contribution in [1.29, 1.82) is 0 Å². The van der Waals surface area contributed by atoms with E-state index >= 15 is 0 Å². The molecule has 28 heavy (non-hydrogen) atoms. The molecule has 0 unspecified atom stereocenters. The van der Waals surface area contributed by atoms with Crippen LogP contribution in [0.5, 0.6) is 0 Å². The molecular formula is C20H15ClN4O2S. The van der Waals surface area contributed by atoms with E-state index in [4.69, 9.17) is 11.6 Å². The highest BCUT2D eigenvalue weighted by molar-refractivity contribution is 7.92. The van der Waals surface area contributed by atoms with Gasteiger partial charge in [-0.1, -0.05) is 17.7 Å². The van der Waals surface area contributed by atoms with Crippen LogP contribution in [0.1, 0.15) is 0 Å². The minimum Gasteiger partial charge on any atom is -0.281 e. The third-order valence-corrected chi connectivity index (χ3v) is 5.09. The zero-order valence-corrected chi connectivity index (χ0v) is 16.4. The van der Waals surface area contributed by atoms with Crippen molar-refractivity contribution in [2.75, 3.05) is 11.0 Å². The van der Waals surface area contributed by atoms with Crippen LogP contribution in [0.15, 0.2) is 67.3 Å². The topological polar surface area (TPSA) is 84.8 Å². The van der Waals surface area contributed by atoms with E-state index in [9.17, 15) is 8.42 Å². The maximum absolute atomic E-state index is 11.6. The lowest BCUT2D eigenvalue weighted by molar-refractivity contribution is 0.607. The number of fused-ring (bicyclic) bond motifs is 1. The molecule has 4 aromatic rings. The molecule has 0 amide bonds. The van der Waals surface area contributed by atoms with Gasteiger partial charge in [-0.3, -0.25) is 14.7 Å². The number of halogens is 1. The van der Waals surface area contributed by atoms with Crippen molar-refractivity contribution in [2.24, 2.45) is 0 Å². The number of pyridine rings is 3. The summed E-state index contributed by atoms with van der Waals surface area (Å²) in [6, 6.07) is 13.4. The van der Waals surface area contributed by atoms with Gasteiger partial charge in [0.05, 0.1) is 17.5 Å². The molecule has 4 rings (SSSR count). The van der Waals surface area contributed by atoms with Gasteiger partial charge in [-0.15, -0.1) is 0 Å². The Balaban J connectivity index is 1.86. The van der Waals surface area contributed by atoms with E-state index in [0.29, 0.717) is 0 Å². The third-order valence-electron chi connectivity index (χ3n) is 4.20. The molecule has 0 fully saturated rings. The van der Waals surface area contributed by atoms with Crippen LogP contribution in [0.2, 0.25) is 5.15 Å². The van der Waals surface area contributed by atoms with Crippen LogP contribution in [0.4, 0.5) is 5.69 Å². The molecule has 8 heteroatoms. The fraction of sp³-hybridized carbons (Fsp3) is 0.0500. The van der Waals surface area contributed by atoms with Crippen LogP contribution >= 0.6 is 11.6 Å². The molecule has 0 aliphatic rings. The maximum atomic E-state index is 11.6. The number of rotatable bonds is 4. The number of nitrogens with one attached hydrogen (secondary N) is 1. The number of hydrogen-bond acceptors (Lipinski definition) is 5. The van der Waals surface area contributed by atoms with Crippen LogP contribution in [0, 0.1) is 0 Å². The second kappa shape index (κ2) is 7.18. The van der Waals surface area contributed by atoms with E-state index in [1.54, 1.807) is 30.9 Å². The van der Waals surface area contributed by atoms with Gasteiger partial charge in [-0.2, -0.15) is 0 Å². The van der Waals surface area contributed by atoms with Gasteiger partial charge in [-0.25, -0.2) is 13.4 Å². The van der Waals surface area contributed by atoms with Gasteiger partial charge in [0.25, 0.3) is 0 Å². The minimum atomic E-state index is -3.47. The quantitative estimate of drug-likeness (QED) is 0.504. The van der Waals surface area contributed by atoms with Gasteiger partial charge in [0.15, 0.2) is 5.15 Å². The van der Waals surface area contributed by atoms with E-state index in [-0.39, 0.29) is 10.8 Å². The lowest BCUT2D eigenvalue weighted by atomic mass is 9.98. The Hall–Kier alpha value is -3.03. The highest BCUT2D eigenvalue weighted by Gasteiger charge is 2.11. The van der Waals surface area contributed by atoms with Gasteiger partial charge < -0.3 is 0 Å². The van der Waals surface area contributed by atoms with Crippen molar-refractivity contribution in [2.45, 2.75) is 0 Å². The fourth-order valence-corrected chi connectivity index (χ4v) is 3.75. The molecule has 6 nitrogen and oxygen atoms in total. The molecule has 0 aliphatic heterocycles. The van der Waals surface area contributed by atoms with Gasteiger partial charge in [0.2, 0.25) is 10.0 Å². The standard InChI is InChI=1S/C20H15ClN4O2S/c1-28(26,27)25-19-11-15(12-24-20(19)21)14-2-3-18-17(10-14)16(6-9-23-18)13-4-7-22-8-5-13/h2-12,25H,1H3. The Labute approximate surface area is 167 Å². The third kappa shape index (κ3) is 3.81. The van der Waals surface area contributed by atoms with Crippen LogP contribution in [-0.4, -0.2) is 29.6 Å². The van der Waals surface area contributed by atoms with Crippen molar-refractivity contribution in [1.82, 2.24) is 15.0 Å². The summed E-state index contributed by atoms with van der Waals surface area (Å²) >= 11 is 6.04. The summed E-state index contributed by atoms with van der Waals surface area (Å²) in [7, 11) is -3.47. The number of anilines is 1. The average molecular weight is 411 g/mol. The first-order valence-corrected chi connectivity index (χ1v) is 10.6. The largest absolute Gasteiger partial charge is 0.281 e. The molecular weight excluding hydrogens is 396 g/mol. The van der Waals surface area contributed by atoms with Crippen LogP contribution in [0.25, 0.3) is 33.2 Å². The molecule has 0 bridgehead atoms. The Morgan fingerprint density at radius 1 is 0.893 bits per heavy atom. The molecule has 0 spiro atoms. The Kier molecular flexibility index (Phi) is 4.70. The molecule has 3 aromatic heterocycles. The molecule has 0 aliphatic carbocycles. The first kappa shape index (κ1) is 18.3. The average Bonchev–Trinajstić information content (AvgIpc) is 2.68. The molecule has 1 aromatic carbocycles. The maximum Gasteiger partial charge on any atom is 0.229 e. The molecule has 0 saturated carbocycles. The molecule has 1 N–H and O–H groups in total. The van der Waals surface area contributed by atoms with Gasteiger partial charge in [-0.05, 0) is 53.1 Å². The van der Waals surface area contributed by atoms with Crippen molar-refractivity contribution >= 4 is 38.2 Å². The van der Waals surface area contributed by atoms with E-state index < -0.39 is 10.0 Å². The van der Waals surface area contributed by atoms with E-state index in [2.05, 4.69) is 19.7 Å². The van der Waals surface area contributed by atoms with E-state index in [1.807, 2.05) is 36.4 Å². The van der Waals surface area contributed by atoms with Gasteiger partial charge in [0.1, 0.15) is 0 Å². The molecule has 0 radical (unpaired) electrons. The normalized spacial score (nSPS) is 11.5. The summed E-state index contributed by atoms with van der Waals surface area (Å²) in [5.74, 6) is 0. The predicted molar refractivity (Wildman–Crippen MR) is 112 cm³/mol. The second-order valence-corrected chi connectivity index (χ2v) is 8.37. The molecule has 140 valence electrons. The highest BCUT2D eigenvalue weighted by Crippen LogP contribution is 2.32. The van der Waals surface area contributed by atoms with Gasteiger partial charge in [0, 0.05) is 35.7 Å². The fourth-order valence-electron chi connectivity index (χ4n) is 2.99. The predicted octanol–water partition coefficient (Wildman–Crippen LogP) is 4.38. The van der Waals surface area contributed by atoms with Crippen molar-refractivity contribution in [3.8, 4) is 22.3 Å². The smallest absolute Gasteiger partial charge is 0.229 e. The Bertz CT molecular complexity index is 1280. The summed E-state index contributed by atoms with van der Waals surface area (Å²) in [5, 5.41) is 1.06. The number of sulfonamides is 1. The first-order chi connectivity index (χ1) is 13.4. The monoisotopic (exact) mass is 410 g/mol. The van der Waals surface area contributed by atoms with Crippen LogP contribution in [-0.2, 0) is 10.0 Å². The van der Waals surface area contributed by atoms with Crippen LogP contribution in [0.3, 0.4) is 0 Å². The summed E-state index contributed by atoms with van der Waals surface area (Å²) in [6.07, 6.45) is 7.95. The van der Waals surface area contributed by atoms with Crippen molar-refractivity contribution < 1.29 is 8.42 Å². The number of hydrogen-bond donors (Lipinski definition) is 1. The lowest BCUT2D eigenvalue weighted by Crippen LogP contribution is -2.10. The van der Waals surface area contributed by atoms with Crippen LogP contribution < -0.4 is 4.72 Å². The summed E-state index contributed by atoms with van der Waals surface area (Å²) < 4.78 is 25.5. The van der Waals surface area contributed by atoms with E-state index in [1.165, 1.54) is 0 Å². The zero-order chi connectivity index (χ0) is 19.7. The van der Waals surface area contributed by atoms with Gasteiger partial charge >= 0.3 is 0 Å². The zero-order valence-electron chi connectivity index (χ0n) is 14.8. The Morgan fingerprint density at radius 3 is 2.43 bits per heavy atom. The van der Waals surface area contributed by atoms with Crippen molar-refractivity contribution in [3.05, 3.63) is 72.4 Å². The summed E-state index contributed by atoms with van der Waals surface area (Å²) in [6.45, 7) is 0. The van der Waals surface area contributed by atoms with E-state index in [0.717, 1.165) is 39.4 Å². The Morgan fingerprint density at radius 2 is 1.68 bits per heavy atom. The highest BCUT2D eigenvalue weighted by atomic mass is 35.5. The second-order valence-electron chi connectivity index (χ2n) is 6.26. The SMILES string of the molecule is CS(=O)(=O)Nc1cc(-c2ccc3nccc(-c4ccncc4)c3c2)cnc1Cl. The van der Waals surface area contributed by atoms with Crippen molar-refractivity contribution in [3.63, 3.8) is 0 Å².